The van der Waals surface area contributed by atoms with Gasteiger partial charge < -0.3 is 9.64 Å². The Morgan fingerprint density at radius 3 is 2.92 bits per heavy atom. The number of alkyl halides is 1. The third kappa shape index (κ3) is 3.44. The molecule has 0 N–H and O–H groups in total. The Bertz CT molecular complexity index is 688. The second-order valence-electron chi connectivity index (χ2n) is 7.14. The molecular weight excluding hydrogens is 396 g/mol. The molecule has 3 heterocycles. The maximum Gasteiger partial charge on any atom is 0.248 e. The lowest BCUT2D eigenvalue weighted by atomic mass is 9.87. The second kappa shape index (κ2) is 6.55. The molecule has 1 aromatic heterocycles. The van der Waals surface area contributed by atoms with E-state index in [2.05, 4.69) is 20.9 Å². The molecule has 1 unspecified atom stereocenters. The number of pyridine rings is 1. The highest BCUT2D eigenvalue weighted by Crippen LogP contribution is 2.37. The molecule has 1 aromatic rings. The largest absolute Gasteiger partial charge is 0.360 e. The zero-order valence-electron chi connectivity index (χ0n) is 13.8. The summed E-state index contributed by atoms with van der Waals surface area (Å²) in [4.78, 5) is 19.7. The minimum Gasteiger partial charge on any atom is -0.360 e. The number of hydrogen-bond donors (Lipinski definition) is 0. The minimum atomic E-state index is -1.21. The first kappa shape index (κ1) is 17.3. The van der Waals surface area contributed by atoms with Gasteiger partial charge in [0.25, 0.3) is 0 Å². The van der Waals surface area contributed by atoms with E-state index in [0.717, 1.165) is 12.8 Å². The first-order valence-electron chi connectivity index (χ1n) is 8.57. The van der Waals surface area contributed by atoms with Gasteiger partial charge in [-0.2, -0.15) is 0 Å². The first-order chi connectivity index (χ1) is 12.0. The molecule has 4 rings (SSSR count). The van der Waals surface area contributed by atoms with Crippen LogP contribution in [0.2, 0.25) is 0 Å². The fourth-order valence-corrected chi connectivity index (χ4v) is 3.98. The van der Waals surface area contributed by atoms with Gasteiger partial charge in [-0.25, -0.2) is 8.78 Å². The lowest BCUT2D eigenvalue weighted by Gasteiger charge is -2.48. The average molecular weight is 416 g/mol. The molecule has 3 aliphatic rings. The van der Waals surface area contributed by atoms with Crippen molar-refractivity contribution >= 4 is 21.8 Å². The predicted molar refractivity (Wildman–Crippen MR) is 90.1 cm³/mol. The van der Waals surface area contributed by atoms with Crippen molar-refractivity contribution in [2.75, 3.05) is 26.2 Å². The molecule has 2 atom stereocenters. The zero-order valence-corrected chi connectivity index (χ0v) is 15.3. The van der Waals surface area contributed by atoms with Gasteiger partial charge in [0.2, 0.25) is 5.91 Å². The van der Waals surface area contributed by atoms with E-state index < -0.39 is 17.6 Å². The molecule has 0 aromatic carbocycles. The van der Waals surface area contributed by atoms with E-state index in [0.29, 0.717) is 29.7 Å². The predicted octanol–water partition coefficient (Wildman–Crippen LogP) is 2.29. The number of likely N-dealkylation sites (tertiary alicyclic amines) is 1. The molecule has 0 bridgehead atoms. The van der Waals surface area contributed by atoms with Crippen LogP contribution in [0.4, 0.5) is 8.78 Å². The van der Waals surface area contributed by atoms with Gasteiger partial charge in [0.05, 0.1) is 12.2 Å². The van der Waals surface area contributed by atoms with Crippen LogP contribution in [0.5, 0.6) is 0 Å². The van der Waals surface area contributed by atoms with E-state index in [1.807, 2.05) is 4.90 Å². The van der Waals surface area contributed by atoms with Crippen LogP contribution in [0.25, 0.3) is 0 Å². The number of carbonyl (C=O) groups excluding carboxylic acids is 1. The Balaban J connectivity index is 1.42. The molecule has 2 aliphatic heterocycles. The molecule has 1 saturated carbocycles. The number of piperidine rings is 1. The second-order valence-corrected chi connectivity index (χ2v) is 8.06. The van der Waals surface area contributed by atoms with Gasteiger partial charge in [0, 0.05) is 36.3 Å². The van der Waals surface area contributed by atoms with Crippen LogP contribution in [-0.2, 0) is 16.1 Å². The maximum absolute atomic E-state index is 15.0. The van der Waals surface area contributed by atoms with Crippen molar-refractivity contribution in [2.45, 2.75) is 43.6 Å². The van der Waals surface area contributed by atoms with Gasteiger partial charge in [-0.3, -0.25) is 14.7 Å². The summed E-state index contributed by atoms with van der Waals surface area (Å²) in [7, 11) is 0. The Hall–Kier alpha value is -1.12. The van der Waals surface area contributed by atoms with Crippen LogP contribution in [0.3, 0.4) is 0 Å². The molecule has 25 heavy (non-hydrogen) atoms. The summed E-state index contributed by atoms with van der Waals surface area (Å²) in [5, 5.41) is 0. The smallest absolute Gasteiger partial charge is 0.248 e. The number of carbonyl (C=O) groups is 1. The number of hydrogen-bond acceptors (Lipinski definition) is 4. The summed E-state index contributed by atoms with van der Waals surface area (Å²) >= 11 is 3.18. The number of rotatable bonds is 3. The highest BCUT2D eigenvalue weighted by molar-refractivity contribution is 9.10. The molecule has 0 radical (unpaired) electrons. The summed E-state index contributed by atoms with van der Waals surface area (Å²) in [5.74, 6) is -0.437. The van der Waals surface area contributed by atoms with E-state index in [1.54, 1.807) is 11.1 Å². The van der Waals surface area contributed by atoms with Gasteiger partial charge in [-0.1, -0.05) is 0 Å². The lowest BCUT2D eigenvalue weighted by Crippen LogP contribution is -2.64. The molecule has 1 aliphatic carbocycles. The SMILES string of the molecule is O=C1COC2(CCN(Cc3ncc(Br)cc3F)C[C@@H]2F)CN1C1CC1. The van der Waals surface area contributed by atoms with Gasteiger partial charge in [0.15, 0.2) is 0 Å². The summed E-state index contributed by atoms with van der Waals surface area (Å²) in [6, 6.07) is 1.63. The number of amides is 1. The number of morpholine rings is 1. The lowest BCUT2D eigenvalue weighted by molar-refractivity contribution is -0.189. The molecule has 3 fully saturated rings. The van der Waals surface area contributed by atoms with Crippen LogP contribution in [0.1, 0.15) is 25.0 Å². The highest BCUT2D eigenvalue weighted by Gasteiger charge is 2.51. The number of aromatic nitrogens is 1. The van der Waals surface area contributed by atoms with Crippen molar-refractivity contribution in [3.05, 3.63) is 28.2 Å². The summed E-state index contributed by atoms with van der Waals surface area (Å²) in [5.41, 5.74) is -0.607. The first-order valence-corrected chi connectivity index (χ1v) is 9.36. The standard InChI is InChI=1S/C17H20BrF2N3O2/c18-11-5-13(19)14(21-6-11)7-22-4-3-17(15(20)8-22)10-23(12-1-2-12)16(24)9-25-17/h5-6,12,15H,1-4,7-10H2/t15-,17?/m0/s1. The fourth-order valence-electron chi connectivity index (χ4n) is 3.67. The third-order valence-corrected chi connectivity index (χ3v) is 5.76. The van der Waals surface area contributed by atoms with Gasteiger partial charge in [-0.05, 0) is 41.3 Å². The van der Waals surface area contributed by atoms with Crippen molar-refractivity contribution in [1.82, 2.24) is 14.8 Å². The number of nitrogens with zero attached hydrogens (tertiary/aromatic N) is 3. The highest BCUT2D eigenvalue weighted by atomic mass is 79.9. The maximum atomic E-state index is 15.0. The van der Waals surface area contributed by atoms with Crippen LogP contribution >= 0.6 is 15.9 Å². The quantitative estimate of drug-likeness (QED) is 0.759. The molecule has 1 amide bonds. The Morgan fingerprint density at radius 1 is 1.44 bits per heavy atom. The van der Waals surface area contributed by atoms with E-state index in [4.69, 9.17) is 4.74 Å². The zero-order chi connectivity index (χ0) is 17.6. The Kier molecular flexibility index (Phi) is 4.54. The third-order valence-electron chi connectivity index (χ3n) is 5.33. The van der Waals surface area contributed by atoms with Crippen molar-refractivity contribution in [1.29, 1.82) is 0 Å². The van der Waals surface area contributed by atoms with Crippen LogP contribution < -0.4 is 0 Å². The molecule has 136 valence electrons. The number of halogens is 3. The Morgan fingerprint density at radius 2 is 2.24 bits per heavy atom. The van der Waals surface area contributed by atoms with E-state index in [1.165, 1.54) is 6.07 Å². The van der Waals surface area contributed by atoms with Crippen LogP contribution in [-0.4, -0.2) is 64.7 Å². The van der Waals surface area contributed by atoms with Crippen molar-refractivity contribution in [2.24, 2.45) is 0 Å². The van der Waals surface area contributed by atoms with Gasteiger partial charge in [0.1, 0.15) is 24.2 Å². The molecule has 1 spiro atoms. The monoisotopic (exact) mass is 415 g/mol. The molecule has 8 heteroatoms. The van der Waals surface area contributed by atoms with E-state index in [9.17, 15) is 13.6 Å². The fraction of sp³-hybridized carbons (Fsp3) is 0.647. The Labute approximate surface area is 153 Å². The summed E-state index contributed by atoms with van der Waals surface area (Å²) in [6.07, 6.45) is 2.82. The van der Waals surface area contributed by atoms with Crippen LogP contribution in [0.15, 0.2) is 16.7 Å². The normalized spacial score (nSPS) is 30.9. The van der Waals surface area contributed by atoms with E-state index >= 15 is 0 Å². The number of ether oxygens (including phenoxy) is 1. The summed E-state index contributed by atoms with van der Waals surface area (Å²) in [6.45, 7) is 1.30. The van der Waals surface area contributed by atoms with Crippen molar-refractivity contribution < 1.29 is 18.3 Å². The van der Waals surface area contributed by atoms with E-state index in [-0.39, 0.29) is 31.6 Å². The minimum absolute atomic E-state index is 0.0381. The topological polar surface area (TPSA) is 45.7 Å². The molecule has 2 saturated heterocycles. The average Bonchev–Trinajstić information content (AvgIpc) is 3.41. The van der Waals surface area contributed by atoms with Gasteiger partial charge >= 0.3 is 0 Å². The van der Waals surface area contributed by atoms with Crippen molar-refractivity contribution in [3.63, 3.8) is 0 Å². The molecule has 5 nitrogen and oxygen atoms in total. The van der Waals surface area contributed by atoms with Crippen LogP contribution in [0, 0.1) is 5.82 Å². The van der Waals surface area contributed by atoms with Crippen molar-refractivity contribution in [3.8, 4) is 0 Å². The molecular formula is C17H20BrF2N3O2. The summed E-state index contributed by atoms with van der Waals surface area (Å²) < 4.78 is 35.2. The van der Waals surface area contributed by atoms with Gasteiger partial charge in [-0.15, -0.1) is 0 Å².